The molecular weight excluding hydrogens is 349 g/mol. The topological polar surface area (TPSA) is 187 Å². The zero-order valence-corrected chi connectivity index (χ0v) is 13.4. The fraction of sp³-hybridized carbons (Fsp3) is 0.636. The van der Waals surface area contributed by atoms with Crippen LogP contribution in [0.1, 0.15) is 23.6 Å². The van der Waals surface area contributed by atoms with Crippen molar-refractivity contribution in [3.8, 4) is 0 Å². The Labute approximate surface area is 136 Å². The van der Waals surface area contributed by atoms with Gasteiger partial charge >= 0.3 is 13.8 Å². The second-order valence-electron chi connectivity index (χ2n) is 4.94. The molecule has 24 heavy (non-hydrogen) atoms. The average Bonchev–Trinajstić information content (AvgIpc) is 2.99. The molecule has 1 aromatic heterocycles. The number of nitrogen functional groups attached to an aromatic ring is 1. The van der Waals surface area contributed by atoms with Gasteiger partial charge in [-0.3, -0.25) is 9.09 Å². The number of ether oxygens (including phenoxy) is 2. The third-order valence-corrected chi connectivity index (χ3v) is 3.80. The van der Waals surface area contributed by atoms with Gasteiger partial charge in [0.1, 0.15) is 24.1 Å². The van der Waals surface area contributed by atoms with Gasteiger partial charge < -0.3 is 35.2 Å². The number of aliphatic hydroxyl groups is 2. The molecule has 0 spiro atoms. The van der Waals surface area contributed by atoms with Crippen LogP contribution in [0, 0.1) is 0 Å². The monoisotopic (exact) mass is 367 g/mol. The number of nitrogens with two attached hydrogens (primary N) is 1. The number of rotatable bonds is 6. The number of phosphoric acid groups is 1. The number of carbonyl (C=O) groups excluding carboxylic acids is 1. The smallest absolute Gasteiger partial charge is 0.461 e. The highest BCUT2D eigenvalue weighted by molar-refractivity contribution is 7.46. The third-order valence-electron chi connectivity index (χ3n) is 3.32. The van der Waals surface area contributed by atoms with Gasteiger partial charge in [-0.2, -0.15) is 0 Å². The molecule has 1 aromatic rings. The Morgan fingerprint density at radius 3 is 2.71 bits per heavy atom. The molecule has 6 N–H and O–H groups in total. The van der Waals surface area contributed by atoms with E-state index in [2.05, 4.69) is 9.51 Å². The first-order valence-electron chi connectivity index (χ1n) is 6.86. The van der Waals surface area contributed by atoms with E-state index in [0.29, 0.717) is 0 Å². The summed E-state index contributed by atoms with van der Waals surface area (Å²) in [5.74, 6) is -0.913. The van der Waals surface area contributed by atoms with Gasteiger partial charge in [0.05, 0.1) is 19.5 Å². The molecule has 1 aliphatic rings. The molecular formula is C11H18N3O9P. The molecule has 12 nitrogen and oxygen atoms in total. The van der Waals surface area contributed by atoms with Gasteiger partial charge in [-0.25, -0.2) is 14.3 Å². The molecule has 2 heterocycles. The lowest BCUT2D eigenvalue weighted by Crippen LogP contribution is -2.33. The van der Waals surface area contributed by atoms with E-state index in [9.17, 15) is 19.6 Å². The fourth-order valence-electron chi connectivity index (χ4n) is 2.20. The van der Waals surface area contributed by atoms with E-state index < -0.39 is 44.9 Å². The number of carbonyl (C=O) groups is 1. The Hall–Kier alpha value is -1.53. The Morgan fingerprint density at radius 1 is 1.46 bits per heavy atom. The van der Waals surface area contributed by atoms with Crippen LogP contribution < -0.4 is 5.73 Å². The highest BCUT2D eigenvalue weighted by Crippen LogP contribution is 2.38. The predicted molar refractivity (Wildman–Crippen MR) is 76.5 cm³/mol. The minimum atomic E-state index is -4.76. The minimum Gasteiger partial charge on any atom is -0.461 e. The summed E-state index contributed by atoms with van der Waals surface area (Å²) in [7, 11) is -4.76. The zero-order chi connectivity index (χ0) is 18.1. The van der Waals surface area contributed by atoms with Crippen LogP contribution in [-0.4, -0.2) is 67.0 Å². The quantitative estimate of drug-likeness (QED) is 0.287. The van der Waals surface area contributed by atoms with Crippen molar-refractivity contribution in [2.75, 3.05) is 18.9 Å². The van der Waals surface area contributed by atoms with Crippen LogP contribution in [0.3, 0.4) is 0 Å². The highest BCUT2D eigenvalue weighted by atomic mass is 31.2. The normalized spacial score (nSPS) is 27.4. The van der Waals surface area contributed by atoms with Crippen LogP contribution in [-0.2, 0) is 18.6 Å². The van der Waals surface area contributed by atoms with Crippen molar-refractivity contribution in [1.82, 2.24) is 9.55 Å². The van der Waals surface area contributed by atoms with Gasteiger partial charge in [0.15, 0.2) is 11.9 Å². The molecule has 0 bridgehead atoms. The molecule has 0 radical (unpaired) electrons. The maximum atomic E-state index is 11.7. The zero-order valence-electron chi connectivity index (χ0n) is 12.6. The average molecular weight is 367 g/mol. The van der Waals surface area contributed by atoms with Gasteiger partial charge in [0.25, 0.3) is 0 Å². The van der Waals surface area contributed by atoms with Crippen molar-refractivity contribution in [3.63, 3.8) is 0 Å². The van der Waals surface area contributed by atoms with Gasteiger partial charge in [-0.15, -0.1) is 0 Å². The van der Waals surface area contributed by atoms with Crippen LogP contribution in [0.25, 0.3) is 0 Å². The van der Waals surface area contributed by atoms with Crippen LogP contribution >= 0.6 is 7.82 Å². The summed E-state index contributed by atoms with van der Waals surface area (Å²) < 4.78 is 26.2. The molecule has 1 aliphatic heterocycles. The summed E-state index contributed by atoms with van der Waals surface area (Å²) in [6.07, 6.45) is -4.29. The Balaban J connectivity index is 2.15. The van der Waals surface area contributed by atoms with E-state index in [1.54, 1.807) is 6.92 Å². The summed E-state index contributed by atoms with van der Waals surface area (Å²) >= 11 is 0. The molecule has 136 valence electrons. The molecule has 4 atom stereocenters. The summed E-state index contributed by atoms with van der Waals surface area (Å²) in [5, 5.41) is 19.9. The van der Waals surface area contributed by atoms with Crippen molar-refractivity contribution in [2.24, 2.45) is 0 Å². The van der Waals surface area contributed by atoms with Crippen molar-refractivity contribution in [2.45, 2.75) is 31.5 Å². The largest absolute Gasteiger partial charge is 0.469 e. The second kappa shape index (κ2) is 7.15. The molecule has 0 saturated carbocycles. The van der Waals surface area contributed by atoms with Gasteiger partial charge in [-0.1, -0.05) is 0 Å². The molecule has 0 aromatic carbocycles. The van der Waals surface area contributed by atoms with E-state index in [1.807, 2.05) is 0 Å². The van der Waals surface area contributed by atoms with Gasteiger partial charge in [-0.05, 0) is 6.92 Å². The lowest BCUT2D eigenvalue weighted by atomic mass is 10.1. The number of hydrogen-bond donors (Lipinski definition) is 5. The first-order valence-corrected chi connectivity index (χ1v) is 8.39. The number of nitrogens with zero attached hydrogens (tertiary/aromatic N) is 2. The number of phosphoric ester groups is 1. The second-order valence-corrected chi connectivity index (χ2v) is 6.18. The number of anilines is 1. The van der Waals surface area contributed by atoms with Gasteiger partial charge in [0.2, 0.25) is 0 Å². The van der Waals surface area contributed by atoms with Crippen molar-refractivity contribution >= 4 is 19.6 Å². The molecule has 0 amide bonds. The minimum absolute atomic E-state index is 0.119. The van der Waals surface area contributed by atoms with Crippen molar-refractivity contribution < 1.29 is 43.4 Å². The Bertz CT molecular complexity index is 645. The highest BCUT2D eigenvalue weighted by Gasteiger charge is 2.45. The maximum Gasteiger partial charge on any atom is 0.469 e. The summed E-state index contributed by atoms with van der Waals surface area (Å²) in [5.41, 5.74) is 5.60. The molecule has 13 heteroatoms. The standard InChI is InChI=1S/C11H18N3O9P/c1-2-21-11(17)6-9(12)14(4-13-6)10-8(16)7(15)5(23-10)3-22-24(18,19)20/h4-5,7-8,10,15-16H,2-3,12H2,1H3,(H2,18,19,20)/t5-,7-,8-,10-/m1/s1. The SMILES string of the molecule is CCOC(=O)c1ncn([C@@H]2O[C@H](COP(=O)(O)O)[C@@H](O)[C@H]2O)c1N. The number of imidazole rings is 1. The van der Waals surface area contributed by atoms with Crippen molar-refractivity contribution in [1.29, 1.82) is 0 Å². The van der Waals surface area contributed by atoms with Crippen LogP contribution in [0.2, 0.25) is 0 Å². The van der Waals surface area contributed by atoms with E-state index in [4.69, 9.17) is 25.0 Å². The van der Waals surface area contributed by atoms with Crippen LogP contribution in [0.5, 0.6) is 0 Å². The fourth-order valence-corrected chi connectivity index (χ4v) is 2.54. The molecule has 0 unspecified atom stereocenters. The predicted octanol–water partition coefficient (Wildman–Crippen LogP) is -1.63. The number of aliphatic hydroxyl groups excluding tert-OH is 2. The van der Waals surface area contributed by atoms with Gasteiger partial charge in [0, 0.05) is 0 Å². The van der Waals surface area contributed by atoms with Crippen molar-refractivity contribution in [3.05, 3.63) is 12.0 Å². The summed E-state index contributed by atoms with van der Waals surface area (Å²) in [4.78, 5) is 32.8. The summed E-state index contributed by atoms with van der Waals surface area (Å²) in [6.45, 7) is 1.07. The molecule has 2 rings (SSSR count). The van der Waals surface area contributed by atoms with E-state index in [-0.39, 0.29) is 18.1 Å². The first-order chi connectivity index (χ1) is 11.2. The molecule has 0 aliphatic carbocycles. The number of aromatic nitrogens is 2. The number of esters is 1. The lowest BCUT2D eigenvalue weighted by Gasteiger charge is -2.17. The molecule has 1 fully saturated rings. The van der Waals surface area contributed by atoms with E-state index in [1.165, 1.54) is 0 Å². The van der Waals surface area contributed by atoms with Crippen LogP contribution in [0.15, 0.2) is 6.33 Å². The maximum absolute atomic E-state index is 11.7. The summed E-state index contributed by atoms with van der Waals surface area (Å²) in [6, 6.07) is 0. The van der Waals surface area contributed by atoms with Crippen LogP contribution in [0.4, 0.5) is 5.82 Å². The first kappa shape index (κ1) is 18.8. The Morgan fingerprint density at radius 2 is 2.12 bits per heavy atom. The Kier molecular flexibility index (Phi) is 5.60. The molecule has 1 saturated heterocycles. The lowest BCUT2D eigenvalue weighted by molar-refractivity contribution is -0.0511. The third kappa shape index (κ3) is 3.92. The number of hydrogen-bond acceptors (Lipinski definition) is 9. The van der Waals surface area contributed by atoms with E-state index in [0.717, 1.165) is 10.9 Å². The van der Waals surface area contributed by atoms with E-state index >= 15 is 0 Å².